The molecule has 0 spiro atoms. The lowest BCUT2D eigenvalue weighted by Gasteiger charge is -2.05. The molecule has 1 aliphatic carbocycles. The number of nitrogens with zero attached hydrogens (tertiary/aromatic N) is 4. The molecule has 1 aliphatic rings. The Hall–Kier alpha value is -1.47. The van der Waals surface area contributed by atoms with E-state index in [0.717, 1.165) is 18.2 Å². The molecule has 0 amide bonds. The molecule has 106 valence electrons. The van der Waals surface area contributed by atoms with Crippen LogP contribution in [-0.4, -0.2) is 32.8 Å². The molecule has 1 aromatic carbocycles. The molecule has 1 aromatic heterocycles. The van der Waals surface area contributed by atoms with Crippen molar-refractivity contribution >= 4 is 11.8 Å². The summed E-state index contributed by atoms with van der Waals surface area (Å²) in [5.41, 5.74) is 0.670. The zero-order valence-corrected chi connectivity index (χ0v) is 11.8. The van der Waals surface area contributed by atoms with Gasteiger partial charge in [-0.2, -0.15) is 0 Å². The third kappa shape index (κ3) is 3.55. The third-order valence-corrected chi connectivity index (χ3v) is 4.15. The third-order valence-electron chi connectivity index (χ3n) is 3.15. The van der Waals surface area contributed by atoms with Gasteiger partial charge in [0.25, 0.3) is 0 Å². The highest BCUT2D eigenvalue weighted by Gasteiger charge is 2.20. The SMILES string of the molecule is Fc1ccccc1CSc1nnnn1CCNC1CC1. The van der Waals surface area contributed by atoms with Crippen LogP contribution in [-0.2, 0) is 12.3 Å². The van der Waals surface area contributed by atoms with Gasteiger partial charge in [-0.3, -0.25) is 0 Å². The summed E-state index contributed by atoms with van der Waals surface area (Å²) >= 11 is 1.45. The van der Waals surface area contributed by atoms with Gasteiger partial charge in [-0.05, 0) is 34.9 Å². The van der Waals surface area contributed by atoms with Crippen LogP contribution in [0.5, 0.6) is 0 Å². The topological polar surface area (TPSA) is 55.6 Å². The summed E-state index contributed by atoms with van der Waals surface area (Å²) in [4.78, 5) is 0. The summed E-state index contributed by atoms with van der Waals surface area (Å²) in [7, 11) is 0. The molecule has 5 nitrogen and oxygen atoms in total. The Bertz CT molecular complexity index is 569. The lowest BCUT2D eigenvalue weighted by molar-refractivity contribution is 0.509. The van der Waals surface area contributed by atoms with E-state index >= 15 is 0 Å². The molecule has 1 heterocycles. The highest BCUT2D eigenvalue weighted by molar-refractivity contribution is 7.98. The summed E-state index contributed by atoms with van der Waals surface area (Å²) in [5.74, 6) is 0.345. The Balaban J connectivity index is 1.54. The summed E-state index contributed by atoms with van der Waals surface area (Å²) < 4.78 is 15.3. The molecule has 0 unspecified atom stereocenters. The van der Waals surface area contributed by atoms with Gasteiger partial charge in [0.05, 0.1) is 6.54 Å². The zero-order chi connectivity index (χ0) is 13.8. The van der Waals surface area contributed by atoms with E-state index in [2.05, 4.69) is 20.8 Å². The number of thioether (sulfide) groups is 1. The van der Waals surface area contributed by atoms with Gasteiger partial charge in [0.15, 0.2) is 0 Å². The molecule has 2 aromatic rings. The van der Waals surface area contributed by atoms with Gasteiger partial charge >= 0.3 is 0 Å². The molecule has 0 aliphatic heterocycles. The van der Waals surface area contributed by atoms with Gasteiger partial charge in [0.2, 0.25) is 5.16 Å². The molecule has 0 atom stereocenters. The number of hydrogen-bond acceptors (Lipinski definition) is 5. The maximum Gasteiger partial charge on any atom is 0.209 e. The smallest absolute Gasteiger partial charge is 0.209 e. The van der Waals surface area contributed by atoms with Crippen molar-refractivity contribution in [2.75, 3.05) is 6.54 Å². The van der Waals surface area contributed by atoms with Crippen molar-refractivity contribution < 1.29 is 4.39 Å². The van der Waals surface area contributed by atoms with Crippen LogP contribution < -0.4 is 5.32 Å². The molecule has 1 fully saturated rings. The first-order chi connectivity index (χ1) is 9.83. The highest BCUT2D eigenvalue weighted by atomic mass is 32.2. The van der Waals surface area contributed by atoms with Crippen LogP contribution in [0.3, 0.4) is 0 Å². The van der Waals surface area contributed by atoms with Crippen LogP contribution in [0.25, 0.3) is 0 Å². The van der Waals surface area contributed by atoms with Crippen LogP contribution in [0.1, 0.15) is 18.4 Å². The Morgan fingerprint density at radius 2 is 2.20 bits per heavy atom. The fourth-order valence-electron chi connectivity index (χ4n) is 1.86. The van der Waals surface area contributed by atoms with E-state index in [1.807, 2.05) is 6.07 Å². The van der Waals surface area contributed by atoms with Crippen molar-refractivity contribution in [3.05, 3.63) is 35.6 Å². The monoisotopic (exact) mass is 293 g/mol. The van der Waals surface area contributed by atoms with Crippen molar-refractivity contribution in [2.45, 2.75) is 36.3 Å². The molecule has 0 radical (unpaired) electrons. The van der Waals surface area contributed by atoms with Gasteiger partial charge in [0.1, 0.15) is 5.82 Å². The lowest BCUT2D eigenvalue weighted by atomic mass is 10.2. The summed E-state index contributed by atoms with van der Waals surface area (Å²) in [6.07, 6.45) is 2.54. The molecule has 0 saturated heterocycles. The van der Waals surface area contributed by atoms with Crippen LogP contribution in [0.4, 0.5) is 4.39 Å². The minimum absolute atomic E-state index is 0.186. The first-order valence-electron chi connectivity index (χ1n) is 6.68. The Labute approximate surface area is 120 Å². The van der Waals surface area contributed by atoms with E-state index in [9.17, 15) is 4.39 Å². The van der Waals surface area contributed by atoms with Crippen LogP contribution in [0, 0.1) is 5.82 Å². The minimum atomic E-state index is -0.186. The Morgan fingerprint density at radius 3 is 3.00 bits per heavy atom. The number of nitrogens with one attached hydrogen (secondary N) is 1. The van der Waals surface area contributed by atoms with Gasteiger partial charge in [0, 0.05) is 18.3 Å². The van der Waals surface area contributed by atoms with Gasteiger partial charge < -0.3 is 5.32 Å². The molecule has 7 heteroatoms. The average Bonchev–Trinajstić information content (AvgIpc) is 3.17. The van der Waals surface area contributed by atoms with Crippen molar-refractivity contribution in [3.8, 4) is 0 Å². The van der Waals surface area contributed by atoms with Crippen molar-refractivity contribution in [1.29, 1.82) is 0 Å². The van der Waals surface area contributed by atoms with E-state index in [0.29, 0.717) is 17.4 Å². The van der Waals surface area contributed by atoms with Crippen LogP contribution >= 0.6 is 11.8 Å². The van der Waals surface area contributed by atoms with E-state index in [1.165, 1.54) is 30.7 Å². The van der Waals surface area contributed by atoms with Crippen LogP contribution in [0.15, 0.2) is 29.4 Å². The molecule has 1 saturated carbocycles. The molecule has 0 bridgehead atoms. The minimum Gasteiger partial charge on any atom is -0.312 e. The largest absolute Gasteiger partial charge is 0.312 e. The maximum absolute atomic E-state index is 13.5. The van der Waals surface area contributed by atoms with Gasteiger partial charge in [-0.1, -0.05) is 30.0 Å². The number of tetrazole rings is 1. The molecular formula is C13H16FN5S. The number of rotatable bonds is 7. The second-order valence-corrected chi connectivity index (χ2v) is 5.74. The van der Waals surface area contributed by atoms with Gasteiger partial charge in [-0.25, -0.2) is 9.07 Å². The summed E-state index contributed by atoms with van der Waals surface area (Å²) in [5, 5.41) is 15.8. The second kappa shape index (κ2) is 6.32. The predicted octanol–water partition coefficient (Wildman–Crippen LogP) is 1.86. The maximum atomic E-state index is 13.5. The number of halogens is 1. The zero-order valence-electron chi connectivity index (χ0n) is 11.0. The van der Waals surface area contributed by atoms with E-state index in [1.54, 1.807) is 16.8 Å². The highest BCUT2D eigenvalue weighted by Crippen LogP contribution is 2.21. The average molecular weight is 293 g/mol. The second-order valence-electron chi connectivity index (χ2n) is 4.79. The Morgan fingerprint density at radius 1 is 1.35 bits per heavy atom. The fourth-order valence-corrected chi connectivity index (χ4v) is 2.75. The standard InChI is InChI=1S/C13H16FN5S/c14-12-4-2-1-3-10(12)9-20-13-16-17-18-19(13)8-7-15-11-5-6-11/h1-4,11,15H,5-9H2. The van der Waals surface area contributed by atoms with Crippen molar-refractivity contribution in [1.82, 2.24) is 25.5 Å². The quantitative estimate of drug-likeness (QED) is 0.790. The molecule has 3 rings (SSSR count). The van der Waals surface area contributed by atoms with E-state index in [4.69, 9.17) is 0 Å². The molecule has 1 N–H and O–H groups in total. The molecule has 20 heavy (non-hydrogen) atoms. The Kier molecular flexibility index (Phi) is 4.27. The normalized spacial score (nSPS) is 14.7. The van der Waals surface area contributed by atoms with Crippen molar-refractivity contribution in [2.24, 2.45) is 0 Å². The number of benzene rings is 1. The summed E-state index contributed by atoms with van der Waals surface area (Å²) in [6.45, 7) is 1.60. The first kappa shape index (κ1) is 13.5. The van der Waals surface area contributed by atoms with Crippen LogP contribution in [0.2, 0.25) is 0 Å². The lowest BCUT2D eigenvalue weighted by Crippen LogP contribution is -2.22. The van der Waals surface area contributed by atoms with Gasteiger partial charge in [-0.15, -0.1) is 5.10 Å². The number of hydrogen-bond donors (Lipinski definition) is 1. The predicted molar refractivity (Wildman–Crippen MR) is 74.8 cm³/mol. The molecular weight excluding hydrogens is 277 g/mol. The summed E-state index contributed by atoms with van der Waals surface area (Å²) in [6, 6.07) is 7.46. The van der Waals surface area contributed by atoms with E-state index < -0.39 is 0 Å². The number of aromatic nitrogens is 4. The fraction of sp³-hybridized carbons (Fsp3) is 0.462. The van der Waals surface area contributed by atoms with E-state index in [-0.39, 0.29) is 5.82 Å². The van der Waals surface area contributed by atoms with Crippen molar-refractivity contribution in [3.63, 3.8) is 0 Å². The first-order valence-corrected chi connectivity index (χ1v) is 7.67.